The van der Waals surface area contributed by atoms with E-state index in [0.717, 1.165) is 30.2 Å². The first-order chi connectivity index (χ1) is 30.7. The number of benzene rings is 3. The zero-order valence-corrected chi connectivity index (χ0v) is 36.9. The van der Waals surface area contributed by atoms with Gasteiger partial charge in [-0.1, -0.05) is 13.0 Å². The molecule has 0 radical (unpaired) electrons. The molecule has 0 bridgehead atoms. The minimum atomic E-state index is -0.617. The number of rotatable bonds is 7. The highest BCUT2D eigenvalue weighted by molar-refractivity contribution is 6.03. The molecule has 4 aromatic heterocycles. The second kappa shape index (κ2) is 14.3. The number of nitrogens with zero attached hydrogens (tertiary/aromatic N) is 9. The summed E-state index contributed by atoms with van der Waals surface area (Å²) >= 11 is 0. The Balaban J connectivity index is 1.05. The molecule has 1 saturated heterocycles. The first-order valence-electron chi connectivity index (χ1n) is 22.0. The van der Waals surface area contributed by atoms with E-state index >= 15 is 13.6 Å². The van der Waals surface area contributed by atoms with E-state index in [-0.39, 0.29) is 41.0 Å². The van der Waals surface area contributed by atoms with E-state index in [9.17, 15) is 4.79 Å². The van der Waals surface area contributed by atoms with Gasteiger partial charge in [0.2, 0.25) is 0 Å². The Hall–Kier alpha value is -6.39. The maximum absolute atomic E-state index is 16.1. The first kappa shape index (κ1) is 40.4. The van der Waals surface area contributed by atoms with Crippen LogP contribution >= 0.6 is 0 Å². The lowest BCUT2D eigenvalue weighted by molar-refractivity contribution is -0.0592. The fraction of sp³-hybridized carbons (Fsp3) is 0.396. The van der Waals surface area contributed by atoms with Crippen LogP contribution in [0.15, 0.2) is 76.9 Å². The van der Waals surface area contributed by atoms with Gasteiger partial charge in [-0.3, -0.25) is 23.4 Å². The third kappa shape index (κ3) is 5.97. The Morgan fingerprint density at radius 2 is 1.70 bits per heavy atom. The SMILES string of the molecule is Cc1cc(-n2nc3c(c2-n2ccn(-c4ccc5c(cnn5C)c4F)c2=O)[C@H](C)N(C(=O)c2cc4cc([C@H]5CCOC(C)(C)C5)ccc4n2[C@@]2(C4=NCON4)C[C@@H]2C)CC3)cc(C)c1F. The van der Waals surface area contributed by atoms with Crippen molar-refractivity contribution in [2.24, 2.45) is 18.0 Å². The molecular formula is C48H50F2N10O4. The predicted molar refractivity (Wildman–Crippen MR) is 238 cm³/mol. The van der Waals surface area contributed by atoms with Crippen LogP contribution in [-0.4, -0.2) is 75.4 Å². The van der Waals surface area contributed by atoms with E-state index < -0.39 is 23.1 Å². The van der Waals surface area contributed by atoms with Gasteiger partial charge in [0.25, 0.3) is 5.91 Å². The predicted octanol–water partition coefficient (Wildman–Crippen LogP) is 7.61. The van der Waals surface area contributed by atoms with Gasteiger partial charge in [0, 0.05) is 55.5 Å². The second-order valence-electron chi connectivity index (χ2n) is 18.7. The number of amides is 1. The lowest BCUT2D eigenvalue weighted by atomic mass is 9.83. The van der Waals surface area contributed by atoms with Crippen molar-refractivity contribution in [2.45, 2.75) is 90.3 Å². The zero-order chi connectivity index (χ0) is 44.6. The summed E-state index contributed by atoms with van der Waals surface area (Å²) in [7, 11) is 1.73. The van der Waals surface area contributed by atoms with Gasteiger partial charge in [-0.25, -0.2) is 28.7 Å². The van der Waals surface area contributed by atoms with Crippen molar-refractivity contribution in [1.82, 2.24) is 43.6 Å². The number of fused-ring (bicyclic) bond motifs is 3. The molecular weight excluding hydrogens is 819 g/mol. The monoisotopic (exact) mass is 868 g/mol. The Morgan fingerprint density at radius 1 is 0.953 bits per heavy atom. The highest BCUT2D eigenvalue weighted by atomic mass is 19.1. The number of hydroxylamine groups is 1. The number of carbonyl (C=O) groups is 1. The van der Waals surface area contributed by atoms with Crippen LogP contribution in [0.25, 0.3) is 39.0 Å². The number of aryl methyl sites for hydroxylation is 3. The fourth-order valence-corrected chi connectivity index (χ4v) is 10.8. The highest BCUT2D eigenvalue weighted by Crippen LogP contribution is 2.54. The Labute approximate surface area is 367 Å². The molecule has 330 valence electrons. The standard InChI is InChI=1S/C48H50F2N10O4/c1-26-18-33(19-27(2)41(26)49)60-43(58-16-15-57(46(58)62)38-11-10-37-34(42(38)50)24-52-55(37)7)40-29(4)56(14-12-35(40)53-60)44(61)39-21-32-20-30(31-13-17-63-47(5,6)23-31)8-9-36(32)59(39)48(22-28(48)3)45-51-25-64-54-45/h8-11,15-16,18-21,24,28-29,31H,12-14,17,22-23,25H2,1-7H3,(H,51,54)/t28-,29-,31-,48-/m0/s1. The summed E-state index contributed by atoms with van der Waals surface area (Å²) in [6.45, 7) is 13.0. The van der Waals surface area contributed by atoms with Crippen molar-refractivity contribution in [3.63, 3.8) is 0 Å². The number of imidazole rings is 1. The van der Waals surface area contributed by atoms with Crippen LogP contribution in [0.1, 0.15) is 97.4 Å². The van der Waals surface area contributed by atoms with Gasteiger partial charge < -0.3 is 14.2 Å². The summed E-state index contributed by atoms with van der Waals surface area (Å²) < 4.78 is 45.4. The lowest BCUT2D eigenvalue weighted by Crippen LogP contribution is -2.43. The molecule has 1 amide bonds. The zero-order valence-electron chi connectivity index (χ0n) is 36.9. The maximum Gasteiger partial charge on any atom is 0.338 e. The van der Waals surface area contributed by atoms with Crippen LogP contribution in [0, 0.1) is 31.4 Å². The number of carbonyl (C=O) groups excluding carboxylic acids is 1. The molecule has 0 unspecified atom stereocenters. The summed E-state index contributed by atoms with van der Waals surface area (Å²) in [5.74, 6) is 0.479. The van der Waals surface area contributed by atoms with Crippen LogP contribution < -0.4 is 11.2 Å². The maximum atomic E-state index is 16.1. The van der Waals surface area contributed by atoms with Gasteiger partial charge in [0.05, 0.1) is 45.8 Å². The molecule has 2 fully saturated rings. The number of hydrogen-bond acceptors (Lipinski definition) is 8. The molecule has 4 aliphatic rings. The summed E-state index contributed by atoms with van der Waals surface area (Å²) in [5.41, 5.74) is 7.76. The Morgan fingerprint density at radius 3 is 2.42 bits per heavy atom. The molecule has 11 rings (SSSR count). The van der Waals surface area contributed by atoms with E-state index in [1.165, 1.54) is 27.1 Å². The van der Waals surface area contributed by atoms with E-state index in [2.05, 4.69) is 54.1 Å². The Bertz CT molecular complexity index is 3160. The van der Waals surface area contributed by atoms with E-state index in [1.807, 2.05) is 17.9 Å². The summed E-state index contributed by atoms with van der Waals surface area (Å²) in [5, 5.41) is 10.5. The molecule has 3 aromatic carbocycles. The van der Waals surface area contributed by atoms with Crippen LogP contribution in [0.2, 0.25) is 0 Å². The van der Waals surface area contributed by atoms with Crippen LogP contribution in [0.3, 0.4) is 0 Å². The van der Waals surface area contributed by atoms with Crippen molar-refractivity contribution in [2.75, 3.05) is 19.9 Å². The molecule has 4 atom stereocenters. The lowest BCUT2D eigenvalue weighted by Gasteiger charge is -2.35. The van der Waals surface area contributed by atoms with Crippen molar-refractivity contribution in [1.29, 1.82) is 0 Å². The van der Waals surface area contributed by atoms with E-state index in [4.69, 9.17) is 19.7 Å². The number of halogens is 2. The van der Waals surface area contributed by atoms with Crippen LogP contribution in [0.5, 0.6) is 0 Å². The minimum Gasteiger partial charge on any atom is -0.376 e. The van der Waals surface area contributed by atoms with Gasteiger partial charge in [0.1, 0.15) is 28.7 Å². The number of aromatic nitrogens is 7. The molecule has 1 N–H and O–H groups in total. The fourth-order valence-electron chi connectivity index (χ4n) is 10.8. The highest BCUT2D eigenvalue weighted by Gasteiger charge is 2.60. The average Bonchev–Trinajstić information content (AvgIpc) is 3.95. The van der Waals surface area contributed by atoms with Crippen LogP contribution in [0.4, 0.5) is 8.78 Å². The third-order valence-electron chi connectivity index (χ3n) is 14.2. The minimum absolute atomic E-state index is 0.0639. The topological polar surface area (TPSA) is 131 Å². The summed E-state index contributed by atoms with van der Waals surface area (Å²) in [6, 6.07) is 14.7. The Kier molecular flexibility index (Phi) is 9.03. The first-order valence-corrected chi connectivity index (χ1v) is 22.0. The number of ether oxygens (including phenoxy) is 1. The van der Waals surface area contributed by atoms with Gasteiger partial charge in [0.15, 0.2) is 12.5 Å². The van der Waals surface area contributed by atoms with Gasteiger partial charge in [-0.15, -0.1) is 0 Å². The molecule has 1 saturated carbocycles. The molecule has 0 spiro atoms. The molecule has 64 heavy (non-hydrogen) atoms. The van der Waals surface area contributed by atoms with E-state index in [0.29, 0.717) is 76.4 Å². The second-order valence-corrected chi connectivity index (χ2v) is 18.7. The quantitative estimate of drug-likeness (QED) is 0.175. The number of nitrogens with one attached hydrogen (secondary N) is 1. The molecule has 3 aliphatic heterocycles. The van der Waals surface area contributed by atoms with Gasteiger partial charge in [-0.2, -0.15) is 10.2 Å². The third-order valence-corrected chi connectivity index (χ3v) is 14.2. The molecule has 7 heterocycles. The molecule has 16 heteroatoms. The smallest absolute Gasteiger partial charge is 0.338 e. The van der Waals surface area contributed by atoms with Gasteiger partial charge >= 0.3 is 5.69 Å². The molecule has 1 aliphatic carbocycles. The number of hydrogen-bond donors (Lipinski definition) is 1. The van der Waals surface area contributed by atoms with Crippen molar-refractivity contribution < 1.29 is 23.1 Å². The summed E-state index contributed by atoms with van der Waals surface area (Å²) in [6.07, 6.45) is 7.52. The van der Waals surface area contributed by atoms with E-state index in [1.54, 1.807) is 60.7 Å². The number of amidine groups is 1. The van der Waals surface area contributed by atoms with Crippen LogP contribution in [-0.2, 0) is 28.6 Å². The van der Waals surface area contributed by atoms with Gasteiger partial charge in [-0.05, 0) is 125 Å². The molecule has 7 aromatic rings. The van der Waals surface area contributed by atoms with Crippen molar-refractivity contribution in [3.8, 4) is 17.2 Å². The normalized spacial score (nSPS) is 22.9. The average molecular weight is 869 g/mol. The van der Waals surface area contributed by atoms with Crippen molar-refractivity contribution >= 4 is 33.5 Å². The largest absolute Gasteiger partial charge is 0.376 e. The van der Waals surface area contributed by atoms with Crippen molar-refractivity contribution in [3.05, 3.63) is 123 Å². The molecule has 14 nitrogen and oxygen atoms in total. The number of aliphatic imine (C=N–C) groups is 1. The summed E-state index contributed by atoms with van der Waals surface area (Å²) in [4.78, 5) is 42.3.